The van der Waals surface area contributed by atoms with Gasteiger partial charge in [-0.1, -0.05) is 6.07 Å². The molecule has 0 aromatic carbocycles. The number of nitrogens with one attached hydrogen (secondary N) is 1. The van der Waals surface area contributed by atoms with E-state index in [-0.39, 0.29) is 12.6 Å². The van der Waals surface area contributed by atoms with Gasteiger partial charge in [0, 0.05) is 26.8 Å². The number of urea groups is 1. The number of aromatic nitrogens is 1. The Balaban J connectivity index is 2.33. The van der Waals surface area contributed by atoms with E-state index in [1.54, 1.807) is 20.3 Å². The number of amides is 2. The summed E-state index contributed by atoms with van der Waals surface area (Å²) in [4.78, 5) is 16.8. The zero-order chi connectivity index (χ0) is 12.7. The van der Waals surface area contributed by atoms with Gasteiger partial charge < -0.3 is 15.3 Å². The van der Waals surface area contributed by atoms with Gasteiger partial charge in [0.25, 0.3) is 0 Å². The summed E-state index contributed by atoms with van der Waals surface area (Å²) in [7, 11) is 3.42. The van der Waals surface area contributed by atoms with Crippen LogP contribution in [0.2, 0.25) is 0 Å². The largest absolute Gasteiger partial charge is 0.390 e. The van der Waals surface area contributed by atoms with E-state index in [9.17, 15) is 4.79 Å². The van der Waals surface area contributed by atoms with Gasteiger partial charge in [0.05, 0.1) is 12.3 Å². The predicted octanol–water partition coefficient (Wildman–Crippen LogP) is 0.778. The van der Waals surface area contributed by atoms with Gasteiger partial charge in [-0.3, -0.25) is 4.98 Å². The summed E-state index contributed by atoms with van der Waals surface area (Å²) in [5, 5.41) is 11.9. The van der Waals surface area contributed by atoms with Gasteiger partial charge in [0.2, 0.25) is 0 Å². The molecule has 0 fully saturated rings. The summed E-state index contributed by atoms with van der Waals surface area (Å²) in [6, 6.07) is 3.72. The zero-order valence-corrected chi connectivity index (χ0v) is 10.3. The molecule has 0 atom stereocenters. The van der Waals surface area contributed by atoms with Gasteiger partial charge in [-0.05, 0) is 24.5 Å². The SMILES string of the molecule is CN(C)C(=O)NCCCc1cccnc1CO. The fraction of sp³-hybridized carbons (Fsp3) is 0.500. The first kappa shape index (κ1) is 13.4. The number of rotatable bonds is 5. The third kappa shape index (κ3) is 4.40. The number of carbonyl (C=O) groups excluding carboxylic acids is 1. The minimum absolute atomic E-state index is 0.0414. The molecule has 0 aliphatic rings. The van der Waals surface area contributed by atoms with Crippen LogP contribution in [-0.2, 0) is 13.0 Å². The van der Waals surface area contributed by atoms with Crippen molar-refractivity contribution in [3.8, 4) is 0 Å². The summed E-state index contributed by atoms with van der Waals surface area (Å²) in [6.07, 6.45) is 3.30. The van der Waals surface area contributed by atoms with E-state index in [0.717, 1.165) is 18.4 Å². The lowest BCUT2D eigenvalue weighted by atomic mass is 10.1. The summed E-state index contributed by atoms with van der Waals surface area (Å²) in [5.41, 5.74) is 1.75. The molecule has 0 aliphatic carbocycles. The summed E-state index contributed by atoms with van der Waals surface area (Å²) in [6.45, 7) is 0.580. The molecule has 0 spiro atoms. The van der Waals surface area contributed by atoms with Crippen LogP contribution in [0.1, 0.15) is 17.7 Å². The van der Waals surface area contributed by atoms with Crippen molar-refractivity contribution in [2.45, 2.75) is 19.4 Å². The smallest absolute Gasteiger partial charge is 0.316 e. The van der Waals surface area contributed by atoms with Gasteiger partial charge in [-0.25, -0.2) is 4.79 Å². The molecule has 0 unspecified atom stereocenters. The summed E-state index contributed by atoms with van der Waals surface area (Å²) in [5.74, 6) is 0. The van der Waals surface area contributed by atoms with Gasteiger partial charge in [-0.2, -0.15) is 0 Å². The fourth-order valence-electron chi connectivity index (χ4n) is 1.47. The number of aryl methyl sites for hydroxylation is 1. The number of nitrogens with zero attached hydrogens (tertiary/aromatic N) is 2. The van der Waals surface area contributed by atoms with Crippen molar-refractivity contribution in [2.24, 2.45) is 0 Å². The number of carbonyl (C=O) groups is 1. The first-order chi connectivity index (χ1) is 8.15. The first-order valence-electron chi connectivity index (χ1n) is 5.64. The van der Waals surface area contributed by atoms with Crippen molar-refractivity contribution in [1.82, 2.24) is 15.2 Å². The third-order valence-corrected chi connectivity index (χ3v) is 2.44. The molecule has 0 bridgehead atoms. The highest BCUT2D eigenvalue weighted by atomic mass is 16.3. The van der Waals surface area contributed by atoms with E-state index in [0.29, 0.717) is 12.2 Å². The molecule has 2 amide bonds. The highest BCUT2D eigenvalue weighted by molar-refractivity contribution is 5.73. The Kier molecular flexibility index (Phi) is 5.42. The third-order valence-electron chi connectivity index (χ3n) is 2.44. The normalized spacial score (nSPS) is 10.1. The monoisotopic (exact) mass is 237 g/mol. The molecule has 5 nitrogen and oxygen atoms in total. The lowest BCUT2D eigenvalue weighted by Crippen LogP contribution is -2.35. The molecule has 0 saturated heterocycles. The van der Waals surface area contributed by atoms with Crippen LogP contribution in [0.5, 0.6) is 0 Å². The molecule has 0 saturated carbocycles. The molecule has 5 heteroatoms. The number of aliphatic hydroxyl groups is 1. The second-order valence-electron chi connectivity index (χ2n) is 4.00. The standard InChI is InChI=1S/C12H19N3O2/c1-15(2)12(17)14-8-4-6-10-5-3-7-13-11(10)9-16/h3,5,7,16H,4,6,8-9H2,1-2H3,(H,14,17). The highest BCUT2D eigenvalue weighted by Crippen LogP contribution is 2.07. The molecule has 0 radical (unpaired) electrons. The average molecular weight is 237 g/mol. The topological polar surface area (TPSA) is 65.5 Å². The second-order valence-corrected chi connectivity index (χ2v) is 4.00. The van der Waals surface area contributed by atoms with E-state index in [4.69, 9.17) is 5.11 Å². The molecule has 2 N–H and O–H groups in total. The van der Waals surface area contributed by atoms with Crippen LogP contribution in [0.4, 0.5) is 4.79 Å². The maximum Gasteiger partial charge on any atom is 0.316 e. The van der Waals surface area contributed by atoms with Crippen LogP contribution in [0.25, 0.3) is 0 Å². The lowest BCUT2D eigenvalue weighted by molar-refractivity contribution is 0.217. The van der Waals surface area contributed by atoms with Crippen LogP contribution in [-0.4, -0.2) is 41.7 Å². The van der Waals surface area contributed by atoms with E-state index >= 15 is 0 Å². The van der Waals surface area contributed by atoms with E-state index in [2.05, 4.69) is 10.3 Å². The Morgan fingerprint density at radius 1 is 1.53 bits per heavy atom. The van der Waals surface area contributed by atoms with Crippen LogP contribution in [0.15, 0.2) is 18.3 Å². The van der Waals surface area contributed by atoms with Crippen LogP contribution in [0.3, 0.4) is 0 Å². The highest BCUT2D eigenvalue weighted by Gasteiger charge is 2.03. The molecular formula is C12H19N3O2. The van der Waals surface area contributed by atoms with Gasteiger partial charge >= 0.3 is 6.03 Å². The van der Waals surface area contributed by atoms with Gasteiger partial charge in [0.15, 0.2) is 0 Å². The summed E-state index contributed by atoms with van der Waals surface area (Å²) >= 11 is 0. The van der Waals surface area contributed by atoms with E-state index in [1.807, 2.05) is 12.1 Å². The molecule has 1 rings (SSSR count). The number of aliphatic hydroxyl groups excluding tert-OH is 1. The maximum absolute atomic E-state index is 11.2. The molecule has 17 heavy (non-hydrogen) atoms. The molecule has 0 aliphatic heterocycles. The first-order valence-corrected chi connectivity index (χ1v) is 5.64. The Hall–Kier alpha value is -1.62. The van der Waals surface area contributed by atoms with Crippen molar-refractivity contribution in [3.63, 3.8) is 0 Å². The Bertz CT molecular complexity index is 367. The van der Waals surface area contributed by atoms with Gasteiger partial charge in [0.1, 0.15) is 0 Å². The Morgan fingerprint density at radius 3 is 2.94 bits per heavy atom. The van der Waals surface area contributed by atoms with Crippen LogP contribution < -0.4 is 5.32 Å². The number of pyridine rings is 1. The van der Waals surface area contributed by atoms with E-state index < -0.39 is 0 Å². The quantitative estimate of drug-likeness (QED) is 0.744. The number of hydrogen-bond donors (Lipinski definition) is 2. The van der Waals surface area contributed by atoms with Crippen molar-refractivity contribution in [2.75, 3.05) is 20.6 Å². The fourth-order valence-corrected chi connectivity index (χ4v) is 1.47. The molecule has 94 valence electrons. The van der Waals surface area contributed by atoms with Crippen LogP contribution >= 0.6 is 0 Å². The lowest BCUT2D eigenvalue weighted by Gasteiger charge is -2.12. The average Bonchev–Trinajstić information content (AvgIpc) is 2.34. The molecule has 1 aromatic heterocycles. The second kappa shape index (κ2) is 6.85. The Morgan fingerprint density at radius 2 is 2.29 bits per heavy atom. The minimum Gasteiger partial charge on any atom is -0.390 e. The minimum atomic E-state index is -0.0847. The van der Waals surface area contributed by atoms with Crippen molar-refractivity contribution in [1.29, 1.82) is 0 Å². The number of hydrogen-bond acceptors (Lipinski definition) is 3. The molecule has 1 heterocycles. The van der Waals surface area contributed by atoms with Gasteiger partial charge in [-0.15, -0.1) is 0 Å². The maximum atomic E-state index is 11.2. The van der Waals surface area contributed by atoms with Crippen molar-refractivity contribution >= 4 is 6.03 Å². The molecule has 1 aromatic rings. The summed E-state index contributed by atoms with van der Waals surface area (Å²) < 4.78 is 0. The zero-order valence-electron chi connectivity index (χ0n) is 10.3. The molecular weight excluding hydrogens is 218 g/mol. The van der Waals surface area contributed by atoms with Crippen molar-refractivity contribution < 1.29 is 9.90 Å². The van der Waals surface area contributed by atoms with Crippen LogP contribution in [0, 0.1) is 0 Å². The van der Waals surface area contributed by atoms with E-state index in [1.165, 1.54) is 4.90 Å². The Labute approximate surface area is 101 Å². The van der Waals surface area contributed by atoms with Crippen molar-refractivity contribution in [3.05, 3.63) is 29.6 Å². The predicted molar refractivity (Wildman–Crippen MR) is 65.6 cm³/mol.